The van der Waals surface area contributed by atoms with Crippen LogP contribution in [0.2, 0.25) is 0 Å². The summed E-state index contributed by atoms with van der Waals surface area (Å²) in [4.78, 5) is 5.28. The van der Waals surface area contributed by atoms with E-state index in [2.05, 4.69) is 206 Å². The zero-order chi connectivity index (χ0) is 41.5. The van der Waals surface area contributed by atoms with Crippen LogP contribution in [0.25, 0.3) is 31.3 Å². The van der Waals surface area contributed by atoms with Crippen molar-refractivity contribution in [1.82, 2.24) is 0 Å². The maximum atomic E-state index is 2.67. The van der Waals surface area contributed by atoms with Gasteiger partial charge in [-0.1, -0.05) is 133 Å². The van der Waals surface area contributed by atoms with Crippen molar-refractivity contribution in [3.63, 3.8) is 0 Å². The lowest BCUT2D eigenvalue weighted by atomic mass is 9.33. The molecule has 7 aromatic carbocycles. The summed E-state index contributed by atoms with van der Waals surface area (Å²) >= 11 is 1.93. The highest BCUT2D eigenvalue weighted by Gasteiger charge is 2.47. The second-order valence-corrected chi connectivity index (χ2v) is 21.2. The maximum absolute atomic E-state index is 2.67. The number of rotatable bonds is 3. The van der Waals surface area contributed by atoms with E-state index < -0.39 is 0 Å². The van der Waals surface area contributed by atoms with Crippen LogP contribution in [0.4, 0.5) is 34.1 Å². The van der Waals surface area contributed by atoms with E-state index in [-0.39, 0.29) is 23.0 Å². The van der Waals surface area contributed by atoms with E-state index in [9.17, 15) is 0 Å². The third-order valence-corrected chi connectivity index (χ3v) is 15.4. The van der Waals surface area contributed by atoms with Gasteiger partial charge in [-0.15, -0.1) is 11.3 Å². The SMILES string of the molecule is Cc1cc(C(C)(C)C)ccc1N1c2cc3c(cc2B2c4cc5sc6ccccc6c5cc4N(c4ccccc4C)c4cc(-c5ccccc5)cc1c42)C(C)(C)CCC3(C)C. The Morgan fingerprint density at radius 3 is 1.78 bits per heavy atom. The van der Waals surface area contributed by atoms with E-state index in [1.165, 1.54) is 122 Å². The van der Waals surface area contributed by atoms with Crippen molar-refractivity contribution in [3.05, 3.63) is 161 Å². The van der Waals surface area contributed by atoms with Crippen LogP contribution in [0.5, 0.6) is 0 Å². The summed E-state index contributed by atoms with van der Waals surface area (Å²) in [6.45, 7) is 21.5. The van der Waals surface area contributed by atoms with Crippen LogP contribution >= 0.6 is 11.3 Å². The van der Waals surface area contributed by atoms with Crippen LogP contribution in [0.1, 0.15) is 89.1 Å². The van der Waals surface area contributed by atoms with E-state index in [4.69, 9.17) is 0 Å². The van der Waals surface area contributed by atoms with Gasteiger partial charge in [0.25, 0.3) is 6.71 Å². The average Bonchev–Trinajstić information content (AvgIpc) is 3.59. The van der Waals surface area contributed by atoms with Gasteiger partial charge in [0, 0.05) is 54.3 Å². The van der Waals surface area contributed by atoms with E-state index in [1.54, 1.807) is 0 Å². The van der Waals surface area contributed by atoms with Crippen LogP contribution in [-0.2, 0) is 16.2 Å². The van der Waals surface area contributed by atoms with Crippen LogP contribution in [-0.4, -0.2) is 6.71 Å². The predicted octanol–water partition coefficient (Wildman–Crippen LogP) is 14.1. The first-order valence-corrected chi connectivity index (χ1v) is 22.7. The molecule has 3 heterocycles. The Kier molecular flexibility index (Phi) is 8.09. The molecule has 0 unspecified atom stereocenters. The van der Waals surface area contributed by atoms with Crippen molar-refractivity contribution in [1.29, 1.82) is 0 Å². The van der Waals surface area contributed by atoms with E-state index in [0.717, 1.165) is 0 Å². The largest absolute Gasteiger partial charge is 0.311 e. The minimum Gasteiger partial charge on any atom is -0.311 e. The Labute approximate surface area is 360 Å². The van der Waals surface area contributed by atoms with Crippen molar-refractivity contribution in [3.8, 4) is 11.1 Å². The molecule has 8 aromatic rings. The van der Waals surface area contributed by atoms with Gasteiger partial charge in [0.2, 0.25) is 0 Å². The Bertz CT molecular complexity index is 3070. The number of hydrogen-bond donors (Lipinski definition) is 0. The highest BCUT2D eigenvalue weighted by Crippen LogP contribution is 2.52. The van der Waals surface area contributed by atoms with E-state index in [0.29, 0.717) is 0 Å². The average molecular weight is 797 g/mol. The molecule has 0 atom stereocenters. The van der Waals surface area contributed by atoms with Gasteiger partial charge in [0.15, 0.2) is 0 Å². The summed E-state index contributed by atoms with van der Waals surface area (Å²) in [5.41, 5.74) is 21.3. The summed E-state index contributed by atoms with van der Waals surface area (Å²) < 4.78 is 2.69. The third kappa shape index (κ3) is 5.52. The molecule has 3 aliphatic rings. The zero-order valence-electron chi connectivity index (χ0n) is 36.5. The quantitative estimate of drug-likeness (QED) is 0.164. The van der Waals surface area contributed by atoms with Crippen molar-refractivity contribution < 1.29 is 0 Å². The van der Waals surface area contributed by atoms with Crippen molar-refractivity contribution in [2.24, 2.45) is 0 Å². The van der Waals surface area contributed by atoms with E-state index in [1.807, 2.05) is 11.3 Å². The number of nitrogens with zero attached hydrogens (tertiary/aromatic N) is 2. The Morgan fingerprint density at radius 2 is 1.10 bits per heavy atom. The predicted molar refractivity (Wildman–Crippen MR) is 262 cm³/mol. The number of thiophene rings is 1. The molecule has 2 aliphatic heterocycles. The second-order valence-electron chi connectivity index (χ2n) is 20.2. The van der Waals surface area contributed by atoms with Crippen LogP contribution in [0.3, 0.4) is 0 Å². The van der Waals surface area contributed by atoms with Gasteiger partial charge in [-0.3, -0.25) is 0 Å². The Balaban J connectivity index is 1.32. The molecule has 0 radical (unpaired) electrons. The molecule has 296 valence electrons. The summed E-state index contributed by atoms with van der Waals surface area (Å²) in [5.74, 6) is 0. The van der Waals surface area contributed by atoms with Gasteiger partial charge in [-0.25, -0.2) is 0 Å². The van der Waals surface area contributed by atoms with Gasteiger partial charge < -0.3 is 9.80 Å². The second kappa shape index (κ2) is 13.0. The number of para-hydroxylation sites is 1. The highest BCUT2D eigenvalue weighted by atomic mass is 32.1. The molecule has 11 rings (SSSR count). The van der Waals surface area contributed by atoms with Crippen LogP contribution in [0, 0.1) is 13.8 Å². The lowest BCUT2D eigenvalue weighted by Gasteiger charge is -2.48. The van der Waals surface area contributed by atoms with Gasteiger partial charge in [-0.2, -0.15) is 0 Å². The molecule has 0 bridgehead atoms. The van der Waals surface area contributed by atoms with Gasteiger partial charge in [0.05, 0.1) is 0 Å². The monoisotopic (exact) mass is 796 g/mol. The molecule has 1 aliphatic carbocycles. The molecule has 1 aromatic heterocycles. The fourth-order valence-electron chi connectivity index (χ4n) is 10.8. The first-order valence-electron chi connectivity index (χ1n) is 21.8. The summed E-state index contributed by atoms with van der Waals surface area (Å²) in [7, 11) is 0. The first kappa shape index (κ1) is 37.4. The smallest absolute Gasteiger partial charge is 0.252 e. The highest BCUT2D eigenvalue weighted by molar-refractivity contribution is 7.26. The molecule has 4 heteroatoms. The topological polar surface area (TPSA) is 6.48 Å². The molecule has 0 fully saturated rings. The molecule has 0 saturated heterocycles. The molecule has 0 spiro atoms. The normalized spacial score (nSPS) is 16.1. The Hall–Kier alpha value is -5.58. The fourth-order valence-corrected chi connectivity index (χ4v) is 11.9. The summed E-state index contributed by atoms with van der Waals surface area (Å²) in [6, 6.07) is 51.6. The number of hydrogen-bond acceptors (Lipinski definition) is 3. The van der Waals surface area contributed by atoms with Gasteiger partial charge in [0.1, 0.15) is 0 Å². The van der Waals surface area contributed by atoms with E-state index >= 15 is 0 Å². The van der Waals surface area contributed by atoms with Crippen molar-refractivity contribution in [2.75, 3.05) is 9.80 Å². The molecule has 0 N–H and O–H groups in total. The Morgan fingerprint density at radius 1 is 0.500 bits per heavy atom. The number of benzene rings is 7. The molecule has 0 saturated carbocycles. The molecule has 2 nitrogen and oxygen atoms in total. The lowest BCUT2D eigenvalue weighted by Crippen LogP contribution is -2.62. The van der Waals surface area contributed by atoms with Crippen molar-refractivity contribution >= 4 is 88.7 Å². The minimum atomic E-state index is 0.0382. The van der Waals surface area contributed by atoms with Gasteiger partial charge >= 0.3 is 0 Å². The number of anilines is 6. The van der Waals surface area contributed by atoms with Crippen LogP contribution in [0.15, 0.2) is 133 Å². The maximum Gasteiger partial charge on any atom is 0.252 e. The molecule has 0 amide bonds. The lowest BCUT2D eigenvalue weighted by molar-refractivity contribution is 0.332. The standard InChI is InChI=1S/C56H53BN2S/c1-34-17-13-15-21-45(34)58-47-30-40-39-20-14-16-22-51(39)60-52(40)33-44(47)57-43-31-41-42(56(8,9)26-25-55(41,6)7)32-48(43)59(46-24-23-38(27-35(46)2)54(3,4)5)50-29-37(28-49(58)53(50)57)36-18-11-10-12-19-36/h10-24,27-33H,25-26H2,1-9H3. The summed E-state index contributed by atoms with van der Waals surface area (Å²) in [5, 5.41) is 2.66. The minimum absolute atomic E-state index is 0.0382. The zero-order valence-corrected chi connectivity index (χ0v) is 37.3. The molecular weight excluding hydrogens is 744 g/mol. The van der Waals surface area contributed by atoms with Gasteiger partial charge in [-0.05, 0) is 147 Å². The van der Waals surface area contributed by atoms with Crippen LogP contribution < -0.4 is 26.2 Å². The first-order chi connectivity index (χ1) is 28.7. The number of fused-ring (bicyclic) bond motifs is 8. The summed E-state index contributed by atoms with van der Waals surface area (Å²) in [6.07, 6.45) is 2.35. The third-order valence-electron chi connectivity index (χ3n) is 14.3. The molecular formula is C56H53BN2S. The fraction of sp³-hybridized carbons (Fsp3) is 0.250. The molecule has 60 heavy (non-hydrogen) atoms. The number of aryl methyl sites for hydroxylation is 2. The van der Waals surface area contributed by atoms with Crippen molar-refractivity contribution in [2.45, 2.75) is 91.4 Å².